The van der Waals surface area contributed by atoms with Crippen LogP contribution >= 0.6 is 23.1 Å². The summed E-state index contributed by atoms with van der Waals surface area (Å²) in [5.74, 6) is 1.82. The lowest BCUT2D eigenvalue weighted by molar-refractivity contribution is 0.404. The SMILES string of the molecule is CCc1nc(CSc2nnc(CC(C)c3ccccc3)o2)cs1. The molecule has 0 bridgehead atoms. The smallest absolute Gasteiger partial charge is 0.276 e. The molecule has 0 saturated heterocycles. The number of hydrogen-bond donors (Lipinski definition) is 0. The molecule has 0 radical (unpaired) electrons. The molecule has 0 spiro atoms. The van der Waals surface area contributed by atoms with Crippen molar-refractivity contribution in [3.8, 4) is 0 Å². The van der Waals surface area contributed by atoms with Gasteiger partial charge in [-0.3, -0.25) is 0 Å². The van der Waals surface area contributed by atoms with Crippen molar-refractivity contribution in [2.75, 3.05) is 0 Å². The fourth-order valence-electron chi connectivity index (χ4n) is 2.25. The van der Waals surface area contributed by atoms with E-state index in [1.807, 2.05) is 6.07 Å². The third kappa shape index (κ3) is 4.42. The first-order valence-electron chi connectivity index (χ1n) is 7.68. The summed E-state index contributed by atoms with van der Waals surface area (Å²) in [5.41, 5.74) is 2.36. The van der Waals surface area contributed by atoms with Crippen molar-refractivity contribution < 1.29 is 4.42 Å². The average Bonchev–Trinajstić information content (AvgIpc) is 3.22. The monoisotopic (exact) mass is 345 g/mol. The van der Waals surface area contributed by atoms with Gasteiger partial charge in [0.25, 0.3) is 5.22 Å². The highest BCUT2D eigenvalue weighted by molar-refractivity contribution is 7.98. The van der Waals surface area contributed by atoms with Crippen LogP contribution in [0.5, 0.6) is 0 Å². The van der Waals surface area contributed by atoms with E-state index in [1.165, 1.54) is 10.6 Å². The first-order valence-corrected chi connectivity index (χ1v) is 9.54. The van der Waals surface area contributed by atoms with Gasteiger partial charge in [0, 0.05) is 17.6 Å². The number of benzene rings is 1. The highest BCUT2D eigenvalue weighted by Gasteiger charge is 2.13. The Balaban J connectivity index is 1.55. The summed E-state index contributed by atoms with van der Waals surface area (Å²) in [6, 6.07) is 10.4. The molecular formula is C17H19N3OS2. The summed E-state index contributed by atoms with van der Waals surface area (Å²) >= 11 is 3.25. The Kier molecular flexibility index (Phi) is 5.46. The lowest BCUT2D eigenvalue weighted by atomic mass is 9.98. The molecule has 1 unspecified atom stereocenters. The predicted molar refractivity (Wildman–Crippen MR) is 93.9 cm³/mol. The number of hydrogen-bond acceptors (Lipinski definition) is 6. The van der Waals surface area contributed by atoms with E-state index in [4.69, 9.17) is 4.42 Å². The van der Waals surface area contributed by atoms with Gasteiger partial charge in [-0.05, 0) is 17.9 Å². The van der Waals surface area contributed by atoms with Crippen molar-refractivity contribution in [2.24, 2.45) is 0 Å². The molecule has 1 atom stereocenters. The average molecular weight is 345 g/mol. The minimum Gasteiger partial charge on any atom is -0.416 e. The third-order valence-corrected chi connectivity index (χ3v) is 5.44. The second kappa shape index (κ2) is 7.75. The molecule has 1 aromatic carbocycles. The van der Waals surface area contributed by atoms with Gasteiger partial charge in [-0.15, -0.1) is 21.5 Å². The third-order valence-electron chi connectivity index (χ3n) is 3.54. The normalized spacial score (nSPS) is 12.4. The topological polar surface area (TPSA) is 51.8 Å². The van der Waals surface area contributed by atoms with Crippen molar-refractivity contribution in [3.05, 3.63) is 57.9 Å². The van der Waals surface area contributed by atoms with E-state index in [2.05, 4.69) is 58.7 Å². The molecular weight excluding hydrogens is 326 g/mol. The molecule has 2 heterocycles. The van der Waals surface area contributed by atoms with E-state index < -0.39 is 0 Å². The highest BCUT2D eigenvalue weighted by Crippen LogP contribution is 2.25. The highest BCUT2D eigenvalue weighted by atomic mass is 32.2. The molecule has 3 aromatic rings. The molecule has 0 aliphatic rings. The van der Waals surface area contributed by atoms with Gasteiger partial charge in [0.1, 0.15) is 0 Å². The molecule has 3 rings (SSSR count). The number of aryl methyl sites for hydroxylation is 1. The molecule has 0 N–H and O–H groups in total. The Labute approximate surface area is 144 Å². The molecule has 120 valence electrons. The minimum atomic E-state index is 0.361. The molecule has 0 aliphatic carbocycles. The van der Waals surface area contributed by atoms with Crippen molar-refractivity contribution in [1.29, 1.82) is 0 Å². The largest absolute Gasteiger partial charge is 0.416 e. The lowest BCUT2D eigenvalue weighted by Crippen LogP contribution is -1.98. The number of rotatable bonds is 7. The number of thioether (sulfide) groups is 1. The maximum absolute atomic E-state index is 5.75. The molecule has 6 heteroatoms. The standard InChI is InChI=1S/C17H19N3OS2/c1-3-16-18-14(10-22-16)11-23-17-20-19-15(21-17)9-12(2)13-7-5-4-6-8-13/h4-8,10,12H,3,9,11H2,1-2H3. The maximum atomic E-state index is 5.75. The first kappa shape index (κ1) is 16.2. The Morgan fingerprint density at radius 2 is 2.04 bits per heavy atom. The van der Waals surface area contributed by atoms with Crippen LogP contribution in [-0.2, 0) is 18.6 Å². The van der Waals surface area contributed by atoms with E-state index in [1.54, 1.807) is 23.1 Å². The van der Waals surface area contributed by atoms with E-state index in [9.17, 15) is 0 Å². The second-order valence-electron chi connectivity index (χ2n) is 5.35. The molecule has 2 aromatic heterocycles. The summed E-state index contributed by atoms with van der Waals surface area (Å²) < 4.78 is 5.75. The number of nitrogens with zero attached hydrogens (tertiary/aromatic N) is 3. The maximum Gasteiger partial charge on any atom is 0.276 e. The summed E-state index contributed by atoms with van der Waals surface area (Å²) in [6.45, 7) is 4.29. The molecule has 0 amide bonds. The van der Waals surface area contributed by atoms with E-state index >= 15 is 0 Å². The van der Waals surface area contributed by atoms with Crippen LogP contribution in [0.15, 0.2) is 45.4 Å². The van der Waals surface area contributed by atoms with Crippen LogP contribution in [0.1, 0.15) is 41.9 Å². The summed E-state index contributed by atoms with van der Waals surface area (Å²) in [7, 11) is 0. The summed E-state index contributed by atoms with van der Waals surface area (Å²) in [5, 5.41) is 12.2. The van der Waals surface area contributed by atoms with E-state index in [0.29, 0.717) is 17.0 Å². The zero-order valence-electron chi connectivity index (χ0n) is 13.2. The Bertz CT molecular complexity index is 739. The van der Waals surface area contributed by atoms with Crippen molar-refractivity contribution in [1.82, 2.24) is 15.2 Å². The Hall–Kier alpha value is -1.66. The van der Waals surface area contributed by atoms with Crippen LogP contribution in [0.3, 0.4) is 0 Å². The van der Waals surface area contributed by atoms with Crippen LogP contribution in [0.2, 0.25) is 0 Å². The molecule has 0 saturated carbocycles. The van der Waals surface area contributed by atoms with Crippen molar-refractivity contribution in [2.45, 2.75) is 43.6 Å². The zero-order valence-corrected chi connectivity index (χ0v) is 14.9. The molecule has 4 nitrogen and oxygen atoms in total. The van der Waals surface area contributed by atoms with Gasteiger partial charge < -0.3 is 4.42 Å². The predicted octanol–water partition coefficient (Wildman–Crippen LogP) is 4.73. The van der Waals surface area contributed by atoms with Crippen LogP contribution in [0.25, 0.3) is 0 Å². The van der Waals surface area contributed by atoms with Gasteiger partial charge in [0.05, 0.1) is 10.7 Å². The van der Waals surface area contributed by atoms with Crippen LogP contribution in [-0.4, -0.2) is 15.2 Å². The van der Waals surface area contributed by atoms with Crippen molar-refractivity contribution in [3.63, 3.8) is 0 Å². The molecule has 23 heavy (non-hydrogen) atoms. The van der Waals surface area contributed by atoms with Crippen molar-refractivity contribution >= 4 is 23.1 Å². The van der Waals surface area contributed by atoms with Crippen LogP contribution < -0.4 is 0 Å². The van der Waals surface area contributed by atoms with Gasteiger partial charge in [-0.25, -0.2) is 4.98 Å². The van der Waals surface area contributed by atoms with Crippen LogP contribution in [0.4, 0.5) is 0 Å². The number of thiazole rings is 1. The second-order valence-corrected chi connectivity index (χ2v) is 7.22. The van der Waals surface area contributed by atoms with E-state index in [-0.39, 0.29) is 0 Å². The quantitative estimate of drug-likeness (QED) is 0.580. The van der Waals surface area contributed by atoms with Gasteiger partial charge >= 0.3 is 0 Å². The Morgan fingerprint density at radius 1 is 1.22 bits per heavy atom. The van der Waals surface area contributed by atoms with Gasteiger partial charge in [-0.2, -0.15) is 0 Å². The minimum absolute atomic E-state index is 0.361. The summed E-state index contributed by atoms with van der Waals surface area (Å²) in [6.07, 6.45) is 1.74. The van der Waals surface area contributed by atoms with Gasteiger partial charge in [-0.1, -0.05) is 55.9 Å². The van der Waals surface area contributed by atoms with E-state index in [0.717, 1.165) is 24.3 Å². The zero-order chi connectivity index (χ0) is 16.1. The fourth-order valence-corrected chi connectivity index (χ4v) is 3.78. The molecule has 0 fully saturated rings. The van der Waals surface area contributed by atoms with Gasteiger partial charge in [0.2, 0.25) is 5.89 Å². The molecule has 0 aliphatic heterocycles. The fraction of sp³-hybridized carbons (Fsp3) is 0.353. The lowest BCUT2D eigenvalue weighted by Gasteiger charge is -2.08. The Morgan fingerprint density at radius 3 is 2.78 bits per heavy atom. The first-order chi connectivity index (χ1) is 11.2. The van der Waals surface area contributed by atoms with Gasteiger partial charge in [0.15, 0.2) is 0 Å². The van der Waals surface area contributed by atoms with Crippen LogP contribution in [0, 0.1) is 0 Å². The summed E-state index contributed by atoms with van der Waals surface area (Å²) in [4.78, 5) is 4.55. The number of aromatic nitrogens is 3.